The molecule has 0 saturated heterocycles. The number of likely N-dealkylation sites (N-methyl/N-ethyl adjacent to an activating group) is 1. The summed E-state index contributed by atoms with van der Waals surface area (Å²) in [6.07, 6.45) is 4.73. The molecule has 2 aromatic heterocycles. The van der Waals surface area contributed by atoms with E-state index in [1.807, 2.05) is 18.0 Å². The number of anilines is 3. The third-order valence-electron chi connectivity index (χ3n) is 4.80. The van der Waals surface area contributed by atoms with Gasteiger partial charge < -0.3 is 19.7 Å². The van der Waals surface area contributed by atoms with Crippen LogP contribution in [0.3, 0.4) is 0 Å². The number of nitrogens with one attached hydrogen (secondary N) is 1. The minimum atomic E-state index is -0.482. The average Bonchev–Trinajstić information content (AvgIpc) is 2.81. The SMILES string of the molecule is COc1cc2c(Nc3ccc(Cl)cc3F)ncnc2cc1OCCN(C)c1ccnnc1. The monoisotopic (exact) mass is 454 g/mol. The Morgan fingerprint density at radius 3 is 2.72 bits per heavy atom. The predicted octanol–water partition coefficient (Wildman–Crippen LogP) is 4.48. The summed E-state index contributed by atoms with van der Waals surface area (Å²) < 4.78 is 25.7. The fourth-order valence-electron chi connectivity index (χ4n) is 3.09. The topological polar surface area (TPSA) is 85.3 Å². The van der Waals surface area contributed by atoms with E-state index in [-0.39, 0.29) is 5.69 Å². The number of ether oxygens (including phenoxy) is 2. The number of nitrogens with zero attached hydrogens (tertiary/aromatic N) is 5. The number of methoxy groups -OCH3 is 1. The zero-order valence-electron chi connectivity index (χ0n) is 17.4. The van der Waals surface area contributed by atoms with E-state index in [2.05, 4.69) is 25.5 Å². The highest BCUT2D eigenvalue weighted by Gasteiger charge is 2.13. The lowest BCUT2D eigenvalue weighted by Crippen LogP contribution is -2.24. The molecule has 164 valence electrons. The second-order valence-corrected chi connectivity index (χ2v) is 7.30. The number of rotatable bonds is 8. The van der Waals surface area contributed by atoms with Crippen LogP contribution in [-0.4, -0.2) is 47.5 Å². The Balaban J connectivity index is 1.54. The molecule has 0 radical (unpaired) electrons. The minimum Gasteiger partial charge on any atom is -0.493 e. The van der Waals surface area contributed by atoms with Crippen LogP contribution < -0.4 is 19.7 Å². The number of benzene rings is 2. The average molecular weight is 455 g/mol. The fraction of sp³-hybridized carbons (Fsp3) is 0.182. The minimum absolute atomic E-state index is 0.252. The van der Waals surface area contributed by atoms with Crippen molar-refractivity contribution in [3.63, 3.8) is 0 Å². The lowest BCUT2D eigenvalue weighted by molar-refractivity contribution is 0.301. The lowest BCUT2D eigenvalue weighted by atomic mass is 10.2. The second kappa shape index (κ2) is 9.61. The Morgan fingerprint density at radius 1 is 1.09 bits per heavy atom. The van der Waals surface area contributed by atoms with Crippen LogP contribution in [0.15, 0.2) is 55.1 Å². The highest BCUT2D eigenvalue weighted by molar-refractivity contribution is 6.30. The molecule has 0 saturated carbocycles. The molecule has 0 amide bonds. The molecule has 1 N–H and O–H groups in total. The molecule has 4 aromatic rings. The maximum atomic E-state index is 14.2. The summed E-state index contributed by atoms with van der Waals surface area (Å²) >= 11 is 5.84. The Hall–Kier alpha value is -3.72. The van der Waals surface area contributed by atoms with Crippen molar-refractivity contribution in [3.8, 4) is 11.5 Å². The van der Waals surface area contributed by atoms with E-state index in [1.54, 1.807) is 43.8 Å². The Kier molecular flexibility index (Phi) is 6.46. The van der Waals surface area contributed by atoms with Crippen molar-refractivity contribution >= 4 is 39.7 Å². The highest BCUT2D eigenvalue weighted by Crippen LogP contribution is 2.35. The van der Waals surface area contributed by atoms with E-state index >= 15 is 0 Å². The number of hydrogen-bond donors (Lipinski definition) is 1. The van der Waals surface area contributed by atoms with Gasteiger partial charge in [0.1, 0.15) is 24.6 Å². The lowest BCUT2D eigenvalue weighted by Gasteiger charge is -2.19. The molecule has 0 unspecified atom stereocenters. The van der Waals surface area contributed by atoms with Gasteiger partial charge in [0.15, 0.2) is 11.5 Å². The number of halogens is 2. The van der Waals surface area contributed by atoms with Gasteiger partial charge in [-0.25, -0.2) is 14.4 Å². The van der Waals surface area contributed by atoms with Crippen molar-refractivity contribution in [2.45, 2.75) is 0 Å². The normalized spacial score (nSPS) is 10.8. The second-order valence-electron chi connectivity index (χ2n) is 6.86. The van der Waals surface area contributed by atoms with Crippen LogP contribution in [0.5, 0.6) is 11.5 Å². The van der Waals surface area contributed by atoms with Crippen LogP contribution in [-0.2, 0) is 0 Å². The molecule has 0 bridgehead atoms. The molecule has 4 rings (SSSR count). The smallest absolute Gasteiger partial charge is 0.163 e. The van der Waals surface area contributed by atoms with Crippen LogP contribution in [0, 0.1) is 5.82 Å². The first-order valence-electron chi connectivity index (χ1n) is 9.70. The van der Waals surface area contributed by atoms with Gasteiger partial charge in [0.2, 0.25) is 0 Å². The van der Waals surface area contributed by atoms with Crippen molar-refractivity contribution in [2.75, 3.05) is 37.5 Å². The van der Waals surface area contributed by atoms with E-state index in [9.17, 15) is 4.39 Å². The molecule has 10 heteroatoms. The van der Waals surface area contributed by atoms with Crippen LogP contribution in [0.25, 0.3) is 10.9 Å². The number of aromatic nitrogens is 4. The standard InChI is InChI=1S/C22H20ClFN6O2/c1-30(15-5-6-27-28-12-15)7-8-32-21-11-19-16(10-20(21)31-2)22(26-13-25-19)29-18-4-3-14(23)9-17(18)24/h3-6,9-13H,7-8H2,1-2H3,(H,25,26,29). The number of hydrogen-bond acceptors (Lipinski definition) is 8. The summed E-state index contributed by atoms with van der Waals surface area (Å²) in [5.41, 5.74) is 1.81. The summed E-state index contributed by atoms with van der Waals surface area (Å²) in [7, 11) is 3.50. The third kappa shape index (κ3) is 4.78. The Labute approximate surface area is 189 Å². The summed E-state index contributed by atoms with van der Waals surface area (Å²) in [5.74, 6) is 1.01. The molecule has 0 spiro atoms. The molecule has 0 aliphatic heterocycles. The van der Waals surface area contributed by atoms with Crippen molar-refractivity contribution in [2.24, 2.45) is 0 Å². The summed E-state index contributed by atoms with van der Waals surface area (Å²) in [5, 5.41) is 11.6. The first-order chi connectivity index (χ1) is 15.5. The molecule has 2 aromatic carbocycles. The van der Waals surface area contributed by atoms with E-state index < -0.39 is 5.82 Å². The van der Waals surface area contributed by atoms with Gasteiger partial charge in [-0.3, -0.25) is 0 Å². The predicted molar refractivity (Wildman–Crippen MR) is 122 cm³/mol. The number of fused-ring (bicyclic) bond motifs is 1. The zero-order chi connectivity index (χ0) is 22.5. The van der Waals surface area contributed by atoms with Crippen LogP contribution >= 0.6 is 11.6 Å². The van der Waals surface area contributed by atoms with Crippen LogP contribution in [0.1, 0.15) is 0 Å². The van der Waals surface area contributed by atoms with E-state index in [0.717, 1.165) is 5.69 Å². The summed E-state index contributed by atoms with van der Waals surface area (Å²) in [6, 6.07) is 9.79. The van der Waals surface area contributed by atoms with E-state index in [1.165, 1.54) is 12.4 Å². The quantitative estimate of drug-likeness (QED) is 0.417. The Bertz CT molecular complexity index is 1230. The van der Waals surface area contributed by atoms with Gasteiger partial charge in [-0.05, 0) is 30.3 Å². The molecular formula is C22H20ClFN6O2. The van der Waals surface area contributed by atoms with Crippen LogP contribution in [0.4, 0.5) is 21.6 Å². The maximum Gasteiger partial charge on any atom is 0.163 e. The maximum absolute atomic E-state index is 14.2. The van der Waals surface area contributed by atoms with Gasteiger partial charge >= 0.3 is 0 Å². The largest absolute Gasteiger partial charge is 0.493 e. The molecule has 0 aliphatic rings. The van der Waals surface area contributed by atoms with Gasteiger partial charge in [0.05, 0.1) is 42.9 Å². The van der Waals surface area contributed by atoms with Crippen molar-refractivity contribution < 1.29 is 13.9 Å². The van der Waals surface area contributed by atoms with Gasteiger partial charge in [-0.15, -0.1) is 0 Å². The molecule has 8 nitrogen and oxygen atoms in total. The molecule has 0 fully saturated rings. The van der Waals surface area contributed by atoms with Crippen molar-refractivity contribution in [3.05, 3.63) is 66.0 Å². The van der Waals surface area contributed by atoms with E-state index in [4.69, 9.17) is 21.1 Å². The van der Waals surface area contributed by atoms with Crippen LogP contribution in [0.2, 0.25) is 5.02 Å². The summed E-state index contributed by atoms with van der Waals surface area (Å²) in [4.78, 5) is 10.6. The molecule has 0 aliphatic carbocycles. The first kappa shape index (κ1) is 21.5. The van der Waals surface area contributed by atoms with Gasteiger partial charge in [0.25, 0.3) is 0 Å². The molecule has 2 heterocycles. The summed E-state index contributed by atoms with van der Waals surface area (Å²) in [6.45, 7) is 1.03. The third-order valence-corrected chi connectivity index (χ3v) is 5.03. The fourth-order valence-corrected chi connectivity index (χ4v) is 3.24. The van der Waals surface area contributed by atoms with Crippen molar-refractivity contribution in [1.29, 1.82) is 0 Å². The highest BCUT2D eigenvalue weighted by atomic mass is 35.5. The Morgan fingerprint density at radius 2 is 1.97 bits per heavy atom. The molecule has 32 heavy (non-hydrogen) atoms. The van der Waals surface area contributed by atoms with Crippen molar-refractivity contribution in [1.82, 2.24) is 20.2 Å². The van der Waals surface area contributed by atoms with Gasteiger partial charge in [-0.1, -0.05) is 11.6 Å². The molecular weight excluding hydrogens is 435 g/mol. The van der Waals surface area contributed by atoms with Gasteiger partial charge in [-0.2, -0.15) is 10.2 Å². The first-order valence-corrected chi connectivity index (χ1v) is 10.1. The van der Waals surface area contributed by atoms with Gasteiger partial charge in [0, 0.05) is 23.5 Å². The zero-order valence-corrected chi connectivity index (χ0v) is 18.2. The van der Waals surface area contributed by atoms with E-state index in [0.29, 0.717) is 46.4 Å². The molecule has 0 atom stereocenters.